The van der Waals surface area contributed by atoms with Crippen LogP contribution in [-0.4, -0.2) is 30.3 Å². The molecule has 0 saturated carbocycles. The maximum absolute atomic E-state index is 11.6. The van der Waals surface area contributed by atoms with Crippen LogP contribution in [-0.2, 0) is 19.1 Å². The maximum Gasteiger partial charge on any atom is 0.374 e. The van der Waals surface area contributed by atoms with Crippen molar-refractivity contribution in [3.05, 3.63) is 41.7 Å². The van der Waals surface area contributed by atoms with Gasteiger partial charge in [0.25, 0.3) is 0 Å². The smallest absolute Gasteiger partial charge is 0.374 e. The summed E-state index contributed by atoms with van der Waals surface area (Å²) >= 11 is 0. The maximum atomic E-state index is 11.6. The molecule has 2 rings (SSSR count). The van der Waals surface area contributed by atoms with Crippen molar-refractivity contribution in [1.29, 1.82) is 0 Å². The van der Waals surface area contributed by atoms with Crippen molar-refractivity contribution < 1.29 is 24.2 Å². The fraction of sp³-hybridized carbons (Fsp3) is 0.231. The molecule has 0 spiro atoms. The Hall–Kier alpha value is -2.30. The number of benzene rings is 1. The molecule has 0 saturated heterocycles. The molecule has 1 aliphatic heterocycles. The van der Waals surface area contributed by atoms with Crippen LogP contribution in [0.2, 0.25) is 0 Å². The van der Waals surface area contributed by atoms with E-state index in [1.807, 2.05) is 6.07 Å². The van der Waals surface area contributed by atoms with Gasteiger partial charge >= 0.3 is 11.9 Å². The van der Waals surface area contributed by atoms with Gasteiger partial charge in [-0.3, -0.25) is 4.79 Å². The highest BCUT2D eigenvalue weighted by Gasteiger charge is 2.37. The molecule has 0 bridgehead atoms. The molecule has 1 aliphatic rings. The van der Waals surface area contributed by atoms with Crippen LogP contribution in [0.4, 0.5) is 0 Å². The van der Waals surface area contributed by atoms with Crippen LogP contribution in [0, 0.1) is 0 Å². The minimum Gasteiger partial charge on any atom is -0.490 e. The average Bonchev–Trinajstić information content (AvgIpc) is 2.65. The van der Waals surface area contributed by atoms with Gasteiger partial charge in [0.1, 0.15) is 6.10 Å². The van der Waals surface area contributed by atoms with Gasteiger partial charge in [-0.25, -0.2) is 4.79 Å². The lowest BCUT2D eigenvalue weighted by Crippen LogP contribution is -2.16. The van der Waals surface area contributed by atoms with Crippen molar-refractivity contribution >= 4 is 17.5 Å². The number of methoxy groups -OCH3 is 1. The van der Waals surface area contributed by atoms with E-state index in [9.17, 15) is 9.59 Å². The molecule has 1 heterocycles. The third-order valence-electron chi connectivity index (χ3n) is 2.65. The number of carbonyl (C=O) groups is 2. The predicted molar refractivity (Wildman–Crippen MR) is 62.5 cm³/mol. The zero-order valence-corrected chi connectivity index (χ0v) is 9.75. The first-order valence-corrected chi connectivity index (χ1v) is 5.40. The number of hydrogen-bond donors (Lipinski definition) is 1. The molecule has 0 fully saturated rings. The second kappa shape index (κ2) is 4.91. The van der Waals surface area contributed by atoms with E-state index in [1.165, 1.54) is 7.11 Å². The van der Waals surface area contributed by atoms with Crippen LogP contribution in [0.1, 0.15) is 12.0 Å². The predicted octanol–water partition coefficient (Wildman–Crippen LogP) is 1.44. The standard InChI is InChI=1S/C13H12O5/c1-17-12-11(8-5-3-2-4-6-8)9(7-10(14)15)18-13(12)16/h2-6,9H,7H2,1H3,(H,14,15). The monoisotopic (exact) mass is 248 g/mol. The van der Waals surface area contributed by atoms with E-state index in [-0.39, 0.29) is 12.2 Å². The van der Waals surface area contributed by atoms with E-state index in [2.05, 4.69) is 0 Å². The van der Waals surface area contributed by atoms with Crippen molar-refractivity contribution in [2.45, 2.75) is 12.5 Å². The number of carboxylic acid groups (broad SMARTS) is 1. The van der Waals surface area contributed by atoms with Gasteiger partial charge in [-0.1, -0.05) is 30.3 Å². The van der Waals surface area contributed by atoms with Crippen molar-refractivity contribution in [3.63, 3.8) is 0 Å². The largest absolute Gasteiger partial charge is 0.490 e. The van der Waals surface area contributed by atoms with Gasteiger partial charge in [-0.2, -0.15) is 0 Å². The molecule has 5 heteroatoms. The summed E-state index contributed by atoms with van der Waals surface area (Å²) in [6.07, 6.45) is -1.07. The lowest BCUT2D eigenvalue weighted by molar-refractivity contribution is -0.146. The molecular weight excluding hydrogens is 236 g/mol. The summed E-state index contributed by atoms with van der Waals surface area (Å²) < 4.78 is 10.0. The third kappa shape index (κ3) is 2.20. The molecule has 94 valence electrons. The fourth-order valence-corrected chi connectivity index (χ4v) is 1.93. The lowest BCUT2D eigenvalue weighted by atomic mass is 9.98. The summed E-state index contributed by atoms with van der Waals surface area (Å²) in [5, 5.41) is 8.83. The summed E-state index contributed by atoms with van der Waals surface area (Å²) in [6.45, 7) is 0. The van der Waals surface area contributed by atoms with E-state index in [4.69, 9.17) is 14.6 Å². The average molecular weight is 248 g/mol. The minimum absolute atomic E-state index is 0.0763. The van der Waals surface area contributed by atoms with Gasteiger partial charge in [0, 0.05) is 0 Å². The Morgan fingerprint density at radius 2 is 2.06 bits per heavy atom. The molecule has 0 aromatic heterocycles. The van der Waals surface area contributed by atoms with Gasteiger partial charge in [-0.05, 0) is 5.56 Å². The van der Waals surface area contributed by atoms with Gasteiger partial charge in [0.15, 0.2) is 0 Å². The normalized spacial score (nSPS) is 18.7. The highest BCUT2D eigenvalue weighted by molar-refractivity contribution is 6.01. The number of carboxylic acids is 1. The van der Waals surface area contributed by atoms with Crippen LogP contribution >= 0.6 is 0 Å². The second-order valence-corrected chi connectivity index (χ2v) is 3.80. The summed E-state index contributed by atoms with van der Waals surface area (Å²) in [7, 11) is 1.36. The highest BCUT2D eigenvalue weighted by Crippen LogP contribution is 2.33. The highest BCUT2D eigenvalue weighted by atomic mass is 16.6. The quantitative estimate of drug-likeness (QED) is 0.816. The molecule has 0 amide bonds. The molecule has 1 atom stereocenters. The number of esters is 1. The van der Waals surface area contributed by atoms with Crippen molar-refractivity contribution in [2.75, 3.05) is 7.11 Å². The first-order valence-electron chi connectivity index (χ1n) is 5.40. The second-order valence-electron chi connectivity index (χ2n) is 3.80. The van der Waals surface area contributed by atoms with Crippen LogP contribution in [0.3, 0.4) is 0 Å². The number of cyclic esters (lactones) is 1. The molecule has 1 unspecified atom stereocenters. The van der Waals surface area contributed by atoms with Crippen LogP contribution in [0.25, 0.3) is 5.57 Å². The number of ether oxygens (including phenoxy) is 2. The number of carbonyl (C=O) groups excluding carboxylic acids is 1. The van der Waals surface area contributed by atoms with Gasteiger partial charge < -0.3 is 14.6 Å². The SMILES string of the molecule is COC1=C(c2ccccc2)C(CC(=O)O)OC1=O. The molecule has 0 aliphatic carbocycles. The summed E-state index contributed by atoms with van der Waals surface area (Å²) in [5.74, 6) is -1.58. The fourth-order valence-electron chi connectivity index (χ4n) is 1.93. The number of hydrogen-bond acceptors (Lipinski definition) is 4. The summed E-state index contributed by atoms with van der Waals surface area (Å²) in [4.78, 5) is 22.4. The number of aliphatic carboxylic acids is 1. The lowest BCUT2D eigenvalue weighted by Gasteiger charge is -2.11. The van der Waals surface area contributed by atoms with Crippen LogP contribution in [0.5, 0.6) is 0 Å². The Kier molecular flexibility index (Phi) is 3.32. The molecule has 18 heavy (non-hydrogen) atoms. The summed E-state index contributed by atoms with van der Waals surface area (Å²) in [6, 6.07) is 9.00. The molecule has 5 nitrogen and oxygen atoms in total. The van der Waals surface area contributed by atoms with Crippen molar-refractivity contribution in [2.24, 2.45) is 0 Å². The van der Waals surface area contributed by atoms with Crippen molar-refractivity contribution in [3.8, 4) is 0 Å². The molecule has 0 radical (unpaired) electrons. The first kappa shape index (κ1) is 12.2. The Bertz CT molecular complexity index is 503. The van der Waals surface area contributed by atoms with Crippen LogP contribution < -0.4 is 0 Å². The molecular formula is C13H12O5. The Morgan fingerprint density at radius 3 is 2.61 bits per heavy atom. The van der Waals surface area contributed by atoms with Crippen LogP contribution in [0.15, 0.2) is 36.1 Å². The Balaban J connectivity index is 2.44. The van der Waals surface area contributed by atoms with E-state index >= 15 is 0 Å². The minimum atomic E-state index is -1.03. The van der Waals surface area contributed by atoms with Gasteiger partial charge in [-0.15, -0.1) is 0 Å². The van der Waals surface area contributed by atoms with E-state index in [0.29, 0.717) is 5.57 Å². The summed E-state index contributed by atoms with van der Waals surface area (Å²) in [5.41, 5.74) is 1.22. The zero-order valence-electron chi connectivity index (χ0n) is 9.75. The van der Waals surface area contributed by atoms with Gasteiger partial charge in [0.2, 0.25) is 5.76 Å². The molecule has 1 N–H and O–H groups in total. The zero-order chi connectivity index (χ0) is 13.1. The third-order valence-corrected chi connectivity index (χ3v) is 2.65. The van der Waals surface area contributed by atoms with E-state index < -0.39 is 18.0 Å². The topological polar surface area (TPSA) is 72.8 Å². The molecule has 1 aromatic carbocycles. The number of rotatable bonds is 4. The first-order chi connectivity index (χ1) is 8.63. The van der Waals surface area contributed by atoms with E-state index in [1.54, 1.807) is 24.3 Å². The van der Waals surface area contributed by atoms with E-state index in [0.717, 1.165) is 5.56 Å². The van der Waals surface area contributed by atoms with Crippen molar-refractivity contribution in [1.82, 2.24) is 0 Å². The Morgan fingerprint density at radius 1 is 1.39 bits per heavy atom. The molecule has 1 aromatic rings. The Labute approximate surface area is 104 Å². The van der Waals surface area contributed by atoms with Gasteiger partial charge in [0.05, 0.1) is 19.1 Å².